The number of carbonyl (C=O) groups is 2. The third-order valence-corrected chi connectivity index (χ3v) is 5.70. The maximum atomic E-state index is 12.9. The number of rotatable bonds is 8. The highest BCUT2D eigenvalue weighted by molar-refractivity contribution is 7.90. The van der Waals surface area contributed by atoms with Gasteiger partial charge >= 0.3 is 10.0 Å². The zero-order chi connectivity index (χ0) is 20.4. The van der Waals surface area contributed by atoms with Crippen LogP contribution in [0.5, 0.6) is 0 Å². The topological polar surface area (TPSA) is 166 Å². The Morgan fingerprint density at radius 2 is 2.07 bits per heavy atom. The van der Waals surface area contributed by atoms with E-state index in [9.17, 15) is 28.0 Å². The summed E-state index contributed by atoms with van der Waals surface area (Å²) in [5, 5.41) is 10.3. The van der Waals surface area contributed by atoms with Crippen molar-refractivity contribution in [3.05, 3.63) is 34.9 Å². The molecular weight excluding hydrogens is 376 g/mol. The quantitative estimate of drug-likeness (QED) is 0.317. The highest BCUT2D eigenvalue weighted by Gasteiger charge is 2.49. The first-order chi connectivity index (χ1) is 12.6. The lowest BCUT2D eigenvalue weighted by Crippen LogP contribution is -2.51. The van der Waals surface area contributed by atoms with Crippen molar-refractivity contribution in [1.29, 1.82) is 0 Å². The van der Waals surface area contributed by atoms with Gasteiger partial charge in [-0.15, -0.1) is 5.21 Å². The molecule has 0 aliphatic heterocycles. The molecule has 145 valence electrons. The second-order valence-corrected chi connectivity index (χ2v) is 8.19. The molecule has 0 bridgehead atoms. The molecule has 4 N–H and O–H groups in total. The lowest BCUT2D eigenvalue weighted by Gasteiger charge is -2.19. The van der Waals surface area contributed by atoms with Crippen LogP contribution in [0.4, 0.5) is 0 Å². The van der Waals surface area contributed by atoms with Crippen molar-refractivity contribution >= 4 is 33.1 Å². The van der Waals surface area contributed by atoms with E-state index in [1.807, 2.05) is 0 Å². The Hall–Kier alpha value is -2.63. The van der Waals surface area contributed by atoms with Crippen LogP contribution in [-0.4, -0.2) is 41.8 Å². The number of carbonyl (C=O) groups excluding carboxylic acids is 2. The van der Waals surface area contributed by atoms with Crippen LogP contribution in [0.2, 0.25) is 0 Å². The molecule has 2 rings (SSSR count). The summed E-state index contributed by atoms with van der Waals surface area (Å²) in [5.41, 5.74) is 4.56. The third kappa shape index (κ3) is 4.04. The van der Waals surface area contributed by atoms with Crippen LogP contribution in [0.3, 0.4) is 0 Å². The number of aldehydes is 1. The minimum atomic E-state index is -4.66. The average Bonchev–Trinajstić information content (AvgIpc) is 2.60. The van der Waals surface area contributed by atoms with Crippen molar-refractivity contribution in [2.45, 2.75) is 31.2 Å². The largest absolute Gasteiger partial charge is 0.408 e. The fourth-order valence-corrected chi connectivity index (χ4v) is 4.19. The molecule has 2 atom stereocenters. The molecule has 2 aromatic rings. The molecule has 1 aromatic carbocycles. The molecule has 1 heterocycles. The maximum absolute atomic E-state index is 12.9. The number of aromatic amines is 1. The van der Waals surface area contributed by atoms with Crippen LogP contribution in [0.1, 0.15) is 20.3 Å². The third-order valence-electron chi connectivity index (χ3n) is 4.07. The van der Waals surface area contributed by atoms with Gasteiger partial charge < -0.3 is 10.7 Å². The molecule has 0 spiro atoms. The Morgan fingerprint density at radius 3 is 2.63 bits per heavy atom. The highest BCUT2D eigenvalue weighted by Crippen LogP contribution is 2.24. The zero-order valence-electron chi connectivity index (χ0n) is 14.7. The summed E-state index contributed by atoms with van der Waals surface area (Å²) in [7, 11) is -4.66. The van der Waals surface area contributed by atoms with Gasteiger partial charge in [-0.2, -0.15) is 13.4 Å². The first-order valence-corrected chi connectivity index (χ1v) is 9.49. The molecule has 1 radical (unpaired) electrons. The number of amides is 1. The van der Waals surface area contributed by atoms with Crippen molar-refractivity contribution in [3.63, 3.8) is 0 Å². The number of benzene rings is 1. The van der Waals surface area contributed by atoms with Gasteiger partial charge in [0.1, 0.15) is 10.4 Å². The number of H-pyrrole nitrogens is 1. The van der Waals surface area contributed by atoms with E-state index < -0.39 is 38.3 Å². The van der Waals surface area contributed by atoms with Crippen molar-refractivity contribution in [2.24, 2.45) is 17.6 Å². The Morgan fingerprint density at radius 1 is 1.41 bits per heavy atom. The van der Waals surface area contributed by atoms with Crippen molar-refractivity contribution in [3.8, 4) is 0 Å². The summed E-state index contributed by atoms with van der Waals surface area (Å²) in [5.74, 6) is -2.22. The molecule has 0 fully saturated rings. The standard InChI is InChI=1S/C16H20N4O6S/c1-9(2)6-11(15(17)22)12(7-21)20(24)27(25,26)13-5-3-4-10-14(13)18-8-19-16(10)23/h3-5,7-9,11-12,24H,6H2,1-2H3,(H2,17,22)(H,18,19,23)/q+1/t11-,12-/m1/s1. The summed E-state index contributed by atoms with van der Waals surface area (Å²) >= 11 is 0. The van der Waals surface area contributed by atoms with E-state index in [0.29, 0.717) is 0 Å². The van der Waals surface area contributed by atoms with E-state index in [2.05, 4.69) is 9.97 Å². The summed E-state index contributed by atoms with van der Waals surface area (Å²) in [4.78, 5) is 40.7. The number of hydrogen-bond donors (Lipinski definition) is 3. The van der Waals surface area contributed by atoms with Crippen LogP contribution >= 0.6 is 0 Å². The number of nitrogens with one attached hydrogen (secondary N) is 1. The fraction of sp³-hybridized carbons (Fsp3) is 0.375. The average molecular weight is 396 g/mol. The van der Waals surface area contributed by atoms with E-state index in [1.165, 1.54) is 12.1 Å². The smallest absolute Gasteiger partial charge is 0.369 e. The number of hydroxylamine groups is 1. The Bertz CT molecular complexity index is 1020. The normalized spacial score (nSPS) is 14.4. The van der Waals surface area contributed by atoms with Crippen LogP contribution in [-0.2, 0) is 19.6 Å². The van der Waals surface area contributed by atoms with Crippen molar-refractivity contribution < 1.29 is 23.2 Å². The summed E-state index contributed by atoms with van der Waals surface area (Å²) in [6.45, 7) is 3.52. The SMILES string of the molecule is CC(C)C[C@@H](C(N)=O)[C@@H](C=O)[N+](O)S(=O)(=O)c1cccc2c(=O)nc[nH]c12. The van der Waals surface area contributed by atoms with Gasteiger partial charge in [-0.3, -0.25) is 14.4 Å². The molecule has 0 unspecified atom stereocenters. The van der Waals surface area contributed by atoms with Gasteiger partial charge in [0, 0.05) is 0 Å². The van der Waals surface area contributed by atoms with Crippen LogP contribution in [0, 0.1) is 11.8 Å². The maximum Gasteiger partial charge on any atom is 0.408 e. The molecule has 0 saturated carbocycles. The van der Waals surface area contributed by atoms with E-state index in [1.54, 1.807) is 13.8 Å². The minimum absolute atomic E-state index is 0.0109. The van der Waals surface area contributed by atoms with Gasteiger partial charge in [0.25, 0.3) is 11.6 Å². The first-order valence-electron chi connectivity index (χ1n) is 8.05. The zero-order valence-corrected chi connectivity index (χ0v) is 15.5. The molecule has 27 heavy (non-hydrogen) atoms. The van der Waals surface area contributed by atoms with E-state index in [4.69, 9.17) is 5.73 Å². The van der Waals surface area contributed by atoms with Crippen molar-refractivity contribution in [2.75, 3.05) is 0 Å². The predicted molar refractivity (Wildman–Crippen MR) is 95.5 cm³/mol. The van der Waals surface area contributed by atoms with Crippen molar-refractivity contribution in [1.82, 2.24) is 14.4 Å². The summed E-state index contributed by atoms with van der Waals surface area (Å²) in [6.07, 6.45) is 1.28. The number of fused-ring (bicyclic) bond motifs is 1. The molecule has 0 saturated heterocycles. The van der Waals surface area contributed by atoms with Gasteiger partial charge in [0.2, 0.25) is 5.91 Å². The second-order valence-electron chi connectivity index (χ2n) is 6.43. The minimum Gasteiger partial charge on any atom is -0.369 e. The number of nitrogens with zero attached hydrogens (tertiary/aromatic N) is 2. The number of sulfonamides is 1. The number of para-hydroxylation sites is 1. The van der Waals surface area contributed by atoms with Crippen LogP contribution in [0.25, 0.3) is 10.9 Å². The van der Waals surface area contributed by atoms with Gasteiger partial charge in [0.05, 0.1) is 17.2 Å². The Kier molecular flexibility index (Phi) is 6.08. The monoisotopic (exact) mass is 396 g/mol. The fourth-order valence-electron chi connectivity index (χ4n) is 2.79. The van der Waals surface area contributed by atoms with Gasteiger partial charge in [-0.05, 0) is 24.5 Å². The lowest BCUT2D eigenvalue weighted by molar-refractivity contribution is -0.130. The molecule has 1 amide bonds. The number of aromatic nitrogens is 2. The summed E-state index contributed by atoms with van der Waals surface area (Å²) < 4.78 is 25.6. The van der Waals surface area contributed by atoms with E-state index in [0.717, 1.165) is 12.4 Å². The molecule has 0 aliphatic carbocycles. The molecule has 0 aliphatic rings. The van der Waals surface area contributed by atoms with Crippen LogP contribution < -0.4 is 15.8 Å². The molecular formula is C16H20N4O6S+. The Labute approximate surface area is 155 Å². The van der Waals surface area contributed by atoms with Crippen LogP contribution in [0.15, 0.2) is 34.2 Å². The Balaban J connectivity index is 2.58. The number of primary amides is 1. The second kappa shape index (κ2) is 7.94. The first kappa shape index (κ1) is 20.7. The molecule has 11 heteroatoms. The molecule has 10 nitrogen and oxygen atoms in total. The highest BCUT2D eigenvalue weighted by atomic mass is 32.2. The van der Waals surface area contributed by atoms with Gasteiger partial charge in [-0.25, -0.2) is 0 Å². The molecule has 1 aromatic heterocycles. The van der Waals surface area contributed by atoms with E-state index >= 15 is 0 Å². The number of nitrogens with two attached hydrogens (primary N) is 1. The van der Waals surface area contributed by atoms with E-state index in [-0.39, 0.29) is 34.0 Å². The lowest BCUT2D eigenvalue weighted by atomic mass is 9.91. The summed E-state index contributed by atoms with van der Waals surface area (Å²) in [6, 6.07) is 2.11. The predicted octanol–water partition coefficient (Wildman–Crippen LogP) is -0.144. The van der Waals surface area contributed by atoms with Gasteiger partial charge in [0.15, 0.2) is 11.2 Å². The number of hydrogen-bond acceptors (Lipinski definition) is 7. The van der Waals surface area contributed by atoms with Gasteiger partial charge in [-0.1, -0.05) is 19.9 Å².